The predicted octanol–water partition coefficient (Wildman–Crippen LogP) is 3.66. The summed E-state index contributed by atoms with van der Waals surface area (Å²) in [6, 6.07) is 4.26. The zero-order valence-electron chi connectivity index (χ0n) is 16.1. The third-order valence-electron chi connectivity index (χ3n) is 5.13. The summed E-state index contributed by atoms with van der Waals surface area (Å²) in [5.41, 5.74) is 0.640. The topological polar surface area (TPSA) is 83.6 Å². The van der Waals surface area contributed by atoms with Crippen molar-refractivity contribution < 1.29 is 18.0 Å². The van der Waals surface area contributed by atoms with Crippen LogP contribution in [0.3, 0.4) is 0 Å². The van der Waals surface area contributed by atoms with Gasteiger partial charge in [0.1, 0.15) is 0 Å². The summed E-state index contributed by atoms with van der Waals surface area (Å²) in [7, 11) is -3.78. The second-order valence-electron chi connectivity index (χ2n) is 7.99. The van der Waals surface area contributed by atoms with Crippen molar-refractivity contribution >= 4 is 39.1 Å². The van der Waals surface area contributed by atoms with Crippen molar-refractivity contribution in [2.75, 3.05) is 16.6 Å². The van der Waals surface area contributed by atoms with Crippen molar-refractivity contribution in [1.29, 1.82) is 0 Å². The fourth-order valence-corrected chi connectivity index (χ4v) is 5.94. The van der Waals surface area contributed by atoms with Gasteiger partial charge >= 0.3 is 0 Å². The number of sulfonamides is 1. The average molecular weight is 425 g/mol. The van der Waals surface area contributed by atoms with Crippen LogP contribution in [0.1, 0.15) is 56.3 Å². The third-order valence-corrected chi connectivity index (χ3v) is 7.48. The summed E-state index contributed by atoms with van der Waals surface area (Å²) in [6.45, 7) is 3.67. The van der Waals surface area contributed by atoms with E-state index in [9.17, 15) is 18.0 Å². The first kappa shape index (κ1) is 20.9. The number of rotatable bonds is 5. The van der Waals surface area contributed by atoms with Crippen LogP contribution < -0.4 is 9.62 Å². The molecule has 3 rings (SSSR count). The standard InChI is InChI=1S/C20H25ClN2O4S/c1-20(2)13-28(26,27)23(19(20)25)15-8-9-17(21)16(12-15)18(24)22-11-10-14-6-4-3-5-7-14/h6,8-9,12H,3-5,7,10-11,13H2,1-2H3,(H,22,24). The molecule has 1 heterocycles. The van der Waals surface area contributed by atoms with Gasteiger partial charge in [0, 0.05) is 6.54 Å². The molecule has 1 aromatic rings. The molecule has 0 spiro atoms. The molecule has 1 aliphatic carbocycles. The van der Waals surface area contributed by atoms with Gasteiger partial charge in [-0.1, -0.05) is 23.3 Å². The number of nitrogens with zero attached hydrogens (tertiary/aromatic N) is 1. The number of allylic oxidation sites excluding steroid dienone is 1. The van der Waals surface area contributed by atoms with Crippen LogP contribution in [0.15, 0.2) is 29.8 Å². The van der Waals surface area contributed by atoms with E-state index in [1.165, 1.54) is 36.6 Å². The highest BCUT2D eigenvalue weighted by Crippen LogP contribution is 2.36. The number of nitrogens with one attached hydrogen (secondary N) is 1. The van der Waals surface area contributed by atoms with E-state index in [1.54, 1.807) is 13.8 Å². The van der Waals surface area contributed by atoms with Crippen LogP contribution in [-0.2, 0) is 14.8 Å². The molecule has 1 fully saturated rings. The molecule has 152 valence electrons. The number of hydrogen-bond donors (Lipinski definition) is 1. The first-order valence-electron chi connectivity index (χ1n) is 9.45. The number of anilines is 1. The Hall–Kier alpha value is -1.86. The van der Waals surface area contributed by atoms with Gasteiger partial charge in [0.15, 0.2) is 0 Å². The smallest absolute Gasteiger partial charge is 0.252 e. The van der Waals surface area contributed by atoms with Crippen LogP contribution in [-0.4, -0.2) is 32.5 Å². The fraction of sp³-hybridized carbons (Fsp3) is 0.500. The number of halogens is 1. The number of hydrogen-bond acceptors (Lipinski definition) is 4. The lowest BCUT2D eigenvalue weighted by Gasteiger charge is -2.18. The van der Waals surface area contributed by atoms with Gasteiger partial charge in [0.2, 0.25) is 15.9 Å². The van der Waals surface area contributed by atoms with Gasteiger partial charge in [0.25, 0.3) is 5.91 Å². The molecule has 6 nitrogen and oxygen atoms in total. The van der Waals surface area contributed by atoms with Crippen molar-refractivity contribution in [3.63, 3.8) is 0 Å². The van der Waals surface area contributed by atoms with Gasteiger partial charge in [-0.25, -0.2) is 12.7 Å². The predicted molar refractivity (Wildman–Crippen MR) is 110 cm³/mol. The largest absolute Gasteiger partial charge is 0.352 e. The average Bonchev–Trinajstić information content (AvgIpc) is 2.79. The molecule has 2 aliphatic rings. The van der Waals surface area contributed by atoms with Gasteiger partial charge in [-0.15, -0.1) is 0 Å². The second kappa shape index (κ2) is 7.87. The van der Waals surface area contributed by atoms with E-state index in [4.69, 9.17) is 11.6 Å². The highest BCUT2D eigenvalue weighted by Gasteiger charge is 2.50. The highest BCUT2D eigenvalue weighted by molar-refractivity contribution is 7.94. The first-order valence-corrected chi connectivity index (χ1v) is 11.4. The summed E-state index contributed by atoms with van der Waals surface area (Å²) >= 11 is 6.16. The number of benzene rings is 1. The van der Waals surface area contributed by atoms with Gasteiger partial charge in [0.05, 0.1) is 27.4 Å². The Morgan fingerprint density at radius 2 is 2.04 bits per heavy atom. The van der Waals surface area contributed by atoms with E-state index in [2.05, 4.69) is 11.4 Å². The molecule has 1 aromatic carbocycles. The maximum atomic E-state index is 12.6. The molecule has 0 bridgehead atoms. The third kappa shape index (κ3) is 4.25. The van der Waals surface area contributed by atoms with Crippen LogP contribution >= 0.6 is 11.6 Å². The molecule has 0 saturated carbocycles. The Labute approximate surface area is 171 Å². The maximum absolute atomic E-state index is 12.6. The first-order chi connectivity index (χ1) is 13.1. The van der Waals surface area contributed by atoms with Crippen LogP contribution in [0.4, 0.5) is 5.69 Å². The van der Waals surface area contributed by atoms with E-state index in [0.29, 0.717) is 6.54 Å². The van der Waals surface area contributed by atoms with Crippen molar-refractivity contribution in [2.45, 2.75) is 46.0 Å². The molecule has 28 heavy (non-hydrogen) atoms. The molecular weight excluding hydrogens is 400 g/mol. The summed E-state index contributed by atoms with van der Waals surface area (Å²) in [5.74, 6) is -1.16. The van der Waals surface area contributed by atoms with Gasteiger partial charge in [-0.2, -0.15) is 0 Å². The molecule has 0 unspecified atom stereocenters. The molecular formula is C20H25ClN2O4S. The lowest BCUT2D eigenvalue weighted by molar-refractivity contribution is -0.123. The van der Waals surface area contributed by atoms with Crippen LogP contribution in [0, 0.1) is 5.41 Å². The summed E-state index contributed by atoms with van der Waals surface area (Å²) in [5, 5.41) is 3.05. The van der Waals surface area contributed by atoms with Crippen molar-refractivity contribution in [3.05, 3.63) is 40.4 Å². The Morgan fingerprint density at radius 3 is 2.64 bits per heavy atom. The Morgan fingerprint density at radius 1 is 1.29 bits per heavy atom. The minimum Gasteiger partial charge on any atom is -0.352 e. The minimum absolute atomic E-state index is 0.139. The number of carbonyl (C=O) groups is 2. The lowest BCUT2D eigenvalue weighted by atomic mass is 9.95. The lowest BCUT2D eigenvalue weighted by Crippen LogP contribution is -2.33. The van der Waals surface area contributed by atoms with Crippen LogP contribution in [0.5, 0.6) is 0 Å². The minimum atomic E-state index is -3.78. The maximum Gasteiger partial charge on any atom is 0.252 e. The van der Waals surface area contributed by atoms with Gasteiger partial charge in [-0.3, -0.25) is 9.59 Å². The highest BCUT2D eigenvalue weighted by atomic mass is 35.5. The van der Waals surface area contributed by atoms with E-state index in [-0.39, 0.29) is 27.9 Å². The van der Waals surface area contributed by atoms with E-state index >= 15 is 0 Å². The van der Waals surface area contributed by atoms with Crippen molar-refractivity contribution in [1.82, 2.24) is 5.32 Å². The number of amides is 2. The fourth-order valence-electron chi connectivity index (χ4n) is 3.64. The van der Waals surface area contributed by atoms with E-state index < -0.39 is 21.3 Å². The zero-order chi connectivity index (χ0) is 20.5. The Balaban J connectivity index is 1.77. The van der Waals surface area contributed by atoms with E-state index in [1.807, 2.05) is 0 Å². The molecule has 2 amide bonds. The summed E-state index contributed by atoms with van der Waals surface area (Å²) in [6.07, 6.45) is 7.57. The van der Waals surface area contributed by atoms with Gasteiger partial charge in [-0.05, 0) is 64.2 Å². The quantitative estimate of drug-likeness (QED) is 0.731. The molecule has 1 N–H and O–H groups in total. The molecule has 8 heteroatoms. The molecule has 1 saturated heterocycles. The summed E-state index contributed by atoms with van der Waals surface area (Å²) in [4.78, 5) is 25.1. The normalized spacial score (nSPS) is 20.8. The van der Waals surface area contributed by atoms with Crippen molar-refractivity contribution in [3.8, 4) is 0 Å². The number of carbonyl (C=O) groups excluding carboxylic acids is 2. The zero-order valence-corrected chi connectivity index (χ0v) is 17.7. The van der Waals surface area contributed by atoms with Crippen molar-refractivity contribution in [2.24, 2.45) is 5.41 Å². The van der Waals surface area contributed by atoms with Gasteiger partial charge < -0.3 is 5.32 Å². The Kier molecular flexibility index (Phi) is 5.87. The second-order valence-corrected chi connectivity index (χ2v) is 10.2. The molecule has 1 aliphatic heterocycles. The molecule has 0 radical (unpaired) electrons. The monoisotopic (exact) mass is 424 g/mol. The molecule has 0 atom stereocenters. The van der Waals surface area contributed by atoms with Crippen LogP contribution in [0.25, 0.3) is 0 Å². The molecule has 0 aromatic heterocycles. The Bertz CT molecular complexity index is 938. The van der Waals surface area contributed by atoms with Crippen LogP contribution in [0.2, 0.25) is 5.02 Å². The summed E-state index contributed by atoms with van der Waals surface area (Å²) < 4.78 is 25.7. The van der Waals surface area contributed by atoms with E-state index in [0.717, 1.165) is 23.6 Å². The SMILES string of the molecule is CC1(C)CS(=O)(=O)N(c2ccc(Cl)c(C(=O)NCCC3=CCCCC3)c2)C1=O.